The van der Waals surface area contributed by atoms with Crippen molar-refractivity contribution in [2.24, 2.45) is 0 Å². The molecule has 3 nitrogen and oxygen atoms in total. The van der Waals surface area contributed by atoms with Gasteiger partial charge in [-0.25, -0.2) is 0 Å². The number of rotatable bonds is 3. The van der Waals surface area contributed by atoms with Gasteiger partial charge in [0.2, 0.25) is 0 Å². The van der Waals surface area contributed by atoms with Crippen LogP contribution in [-0.4, -0.2) is 23.2 Å². The lowest BCUT2D eigenvalue weighted by molar-refractivity contribution is -0.144. The molecule has 1 saturated heterocycles. The van der Waals surface area contributed by atoms with Crippen LogP contribution in [0.1, 0.15) is 18.4 Å². The van der Waals surface area contributed by atoms with Gasteiger partial charge in [-0.2, -0.15) is 0 Å². The second kappa shape index (κ2) is 5.71. The highest BCUT2D eigenvalue weighted by Crippen LogP contribution is 2.25. The van der Waals surface area contributed by atoms with E-state index in [0.29, 0.717) is 17.9 Å². The van der Waals surface area contributed by atoms with Crippen LogP contribution in [0.2, 0.25) is 5.02 Å². The Morgan fingerprint density at radius 1 is 1.41 bits per heavy atom. The van der Waals surface area contributed by atoms with Crippen LogP contribution in [0, 0.1) is 0 Å². The Labute approximate surface area is 112 Å². The maximum Gasteiger partial charge on any atom is 0.324 e. The van der Waals surface area contributed by atoms with Gasteiger partial charge in [0.05, 0.1) is 0 Å². The Kier molecular flexibility index (Phi) is 4.80. The van der Waals surface area contributed by atoms with Gasteiger partial charge in [-0.15, -0.1) is 12.4 Å². The molecule has 1 aliphatic rings. The maximum absolute atomic E-state index is 11.3. The van der Waals surface area contributed by atoms with Gasteiger partial charge in [-0.05, 0) is 37.1 Å². The first-order chi connectivity index (χ1) is 7.62. The van der Waals surface area contributed by atoms with Gasteiger partial charge >= 0.3 is 5.97 Å². The minimum Gasteiger partial charge on any atom is -0.480 e. The van der Waals surface area contributed by atoms with E-state index in [1.807, 2.05) is 12.1 Å². The van der Waals surface area contributed by atoms with E-state index in [9.17, 15) is 9.90 Å². The predicted octanol–water partition coefficient (Wildman–Crippen LogP) is 2.51. The van der Waals surface area contributed by atoms with Crippen LogP contribution in [0.3, 0.4) is 0 Å². The third-order valence-electron chi connectivity index (χ3n) is 3.07. The molecule has 1 aromatic rings. The number of halogens is 2. The molecule has 0 spiro atoms. The quantitative estimate of drug-likeness (QED) is 0.891. The fourth-order valence-electron chi connectivity index (χ4n) is 2.17. The van der Waals surface area contributed by atoms with Crippen LogP contribution in [0.15, 0.2) is 24.3 Å². The molecule has 2 rings (SSSR count). The number of benzene rings is 1. The molecule has 0 unspecified atom stereocenters. The van der Waals surface area contributed by atoms with E-state index in [-0.39, 0.29) is 12.4 Å². The van der Waals surface area contributed by atoms with Crippen LogP contribution in [0.25, 0.3) is 0 Å². The van der Waals surface area contributed by atoms with Crippen LogP contribution in [0.4, 0.5) is 0 Å². The lowest BCUT2D eigenvalue weighted by Gasteiger charge is -2.24. The number of carboxylic acid groups (broad SMARTS) is 1. The molecule has 1 heterocycles. The normalized spacial score (nSPS) is 23.1. The summed E-state index contributed by atoms with van der Waals surface area (Å²) < 4.78 is 0. The van der Waals surface area contributed by atoms with Crippen molar-refractivity contribution in [3.05, 3.63) is 34.9 Å². The second-order valence-corrected chi connectivity index (χ2v) is 4.66. The van der Waals surface area contributed by atoms with E-state index in [0.717, 1.165) is 18.5 Å². The number of nitrogens with one attached hydrogen (secondary N) is 1. The number of aliphatic carboxylic acids is 1. The van der Waals surface area contributed by atoms with Gasteiger partial charge < -0.3 is 10.4 Å². The molecule has 0 bridgehead atoms. The molecule has 17 heavy (non-hydrogen) atoms. The van der Waals surface area contributed by atoms with E-state index in [1.54, 1.807) is 12.1 Å². The largest absolute Gasteiger partial charge is 0.480 e. The molecule has 94 valence electrons. The first-order valence-electron chi connectivity index (χ1n) is 5.35. The summed E-state index contributed by atoms with van der Waals surface area (Å²) >= 11 is 5.79. The predicted molar refractivity (Wildman–Crippen MR) is 70.0 cm³/mol. The lowest BCUT2D eigenvalue weighted by atomic mass is 9.89. The van der Waals surface area contributed by atoms with E-state index in [1.165, 1.54) is 0 Å². The van der Waals surface area contributed by atoms with Crippen molar-refractivity contribution < 1.29 is 9.90 Å². The lowest BCUT2D eigenvalue weighted by Crippen LogP contribution is -2.49. The molecule has 1 atom stereocenters. The monoisotopic (exact) mass is 275 g/mol. The molecule has 0 aromatic heterocycles. The average molecular weight is 276 g/mol. The third kappa shape index (κ3) is 3.12. The smallest absolute Gasteiger partial charge is 0.324 e. The zero-order valence-electron chi connectivity index (χ0n) is 9.28. The Balaban J connectivity index is 0.00000144. The van der Waals surface area contributed by atoms with E-state index >= 15 is 0 Å². The minimum atomic E-state index is -0.784. The molecule has 0 amide bonds. The molecule has 5 heteroatoms. The summed E-state index contributed by atoms with van der Waals surface area (Å²) in [7, 11) is 0. The molecular formula is C12H15Cl2NO2. The van der Waals surface area contributed by atoms with E-state index in [4.69, 9.17) is 11.6 Å². The number of carboxylic acids is 1. The minimum absolute atomic E-state index is 0. The van der Waals surface area contributed by atoms with Crippen molar-refractivity contribution in [1.82, 2.24) is 5.32 Å². The van der Waals surface area contributed by atoms with Crippen LogP contribution < -0.4 is 5.32 Å². The zero-order chi connectivity index (χ0) is 11.6. The Bertz CT molecular complexity index is 386. The van der Waals surface area contributed by atoms with Crippen LogP contribution >= 0.6 is 24.0 Å². The third-order valence-corrected chi connectivity index (χ3v) is 3.32. The summed E-state index contributed by atoms with van der Waals surface area (Å²) in [6.07, 6.45) is 2.12. The van der Waals surface area contributed by atoms with Crippen molar-refractivity contribution >= 4 is 30.0 Å². The summed E-state index contributed by atoms with van der Waals surface area (Å²) in [5.74, 6) is -0.764. The van der Waals surface area contributed by atoms with Crippen molar-refractivity contribution in [3.63, 3.8) is 0 Å². The zero-order valence-corrected chi connectivity index (χ0v) is 10.9. The SMILES string of the molecule is Cl.O=C(O)[C@]1(Cc2ccc(Cl)cc2)CCCN1. The molecule has 2 N–H and O–H groups in total. The molecule has 1 fully saturated rings. The highest BCUT2D eigenvalue weighted by Gasteiger charge is 2.40. The first-order valence-corrected chi connectivity index (χ1v) is 5.73. The summed E-state index contributed by atoms with van der Waals surface area (Å²) in [4.78, 5) is 11.3. The molecule has 0 aliphatic carbocycles. The fourth-order valence-corrected chi connectivity index (χ4v) is 2.29. The Morgan fingerprint density at radius 2 is 2.06 bits per heavy atom. The first kappa shape index (κ1) is 14.3. The van der Waals surface area contributed by atoms with Crippen molar-refractivity contribution in [3.8, 4) is 0 Å². The maximum atomic E-state index is 11.3. The highest BCUT2D eigenvalue weighted by atomic mass is 35.5. The second-order valence-electron chi connectivity index (χ2n) is 4.22. The summed E-state index contributed by atoms with van der Waals surface area (Å²) in [6, 6.07) is 7.35. The standard InChI is InChI=1S/C12H14ClNO2.ClH/c13-10-4-2-9(3-5-10)8-12(11(15)16)6-1-7-14-12;/h2-5,14H,1,6-8H2,(H,15,16);1H/t12-;/m1./s1. The van der Waals surface area contributed by atoms with Crippen molar-refractivity contribution in [2.75, 3.05) is 6.54 Å². The summed E-state index contributed by atoms with van der Waals surface area (Å²) in [5.41, 5.74) is 0.217. The Hall–Kier alpha value is -0.770. The van der Waals surface area contributed by atoms with Gasteiger partial charge in [0.25, 0.3) is 0 Å². The van der Waals surface area contributed by atoms with Gasteiger partial charge in [-0.1, -0.05) is 23.7 Å². The highest BCUT2D eigenvalue weighted by molar-refractivity contribution is 6.30. The topological polar surface area (TPSA) is 49.3 Å². The van der Waals surface area contributed by atoms with E-state index in [2.05, 4.69) is 5.32 Å². The molecular weight excluding hydrogens is 261 g/mol. The van der Waals surface area contributed by atoms with Gasteiger partial charge in [-0.3, -0.25) is 4.79 Å². The number of carbonyl (C=O) groups is 1. The van der Waals surface area contributed by atoms with Crippen LogP contribution in [0.5, 0.6) is 0 Å². The molecule has 0 radical (unpaired) electrons. The van der Waals surface area contributed by atoms with Gasteiger partial charge in [0.15, 0.2) is 0 Å². The molecule has 0 saturated carbocycles. The Morgan fingerprint density at radius 3 is 2.53 bits per heavy atom. The van der Waals surface area contributed by atoms with Gasteiger partial charge in [0, 0.05) is 11.4 Å². The summed E-state index contributed by atoms with van der Waals surface area (Å²) in [6.45, 7) is 0.778. The van der Waals surface area contributed by atoms with Crippen molar-refractivity contribution in [1.29, 1.82) is 0 Å². The molecule has 1 aliphatic heterocycles. The average Bonchev–Trinajstić information content (AvgIpc) is 2.71. The fraction of sp³-hybridized carbons (Fsp3) is 0.417. The number of hydrogen-bond acceptors (Lipinski definition) is 2. The van der Waals surface area contributed by atoms with Crippen molar-refractivity contribution in [2.45, 2.75) is 24.8 Å². The number of hydrogen-bond donors (Lipinski definition) is 2. The summed E-state index contributed by atoms with van der Waals surface area (Å²) in [5, 5.41) is 13.1. The van der Waals surface area contributed by atoms with E-state index < -0.39 is 11.5 Å². The van der Waals surface area contributed by atoms with Crippen LogP contribution in [-0.2, 0) is 11.2 Å². The molecule has 1 aromatic carbocycles. The van der Waals surface area contributed by atoms with Gasteiger partial charge in [0.1, 0.15) is 5.54 Å².